The van der Waals surface area contributed by atoms with Crippen LogP contribution in [0.25, 0.3) is 22.3 Å². The largest absolute Gasteiger partial charge is 0.207 e. The van der Waals surface area contributed by atoms with Gasteiger partial charge in [0.25, 0.3) is 0 Å². The third-order valence-electron chi connectivity index (χ3n) is 9.15. The summed E-state index contributed by atoms with van der Waals surface area (Å²) in [6.07, 6.45) is 11.4. The summed E-state index contributed by atoms with van der Waals surface area (Å²) in [5.74, 6) is 1.21. The first kappa shape index (κ1) is 26.1. The quantitative estimate of drug-likeness (QED) is 0.313. The van der Waals surface area contributed by atoms with Gasteiger partial charge in [-0.1, -0.05) is 81.6 Å². The first-order chi connectivity index (χ1) is 17.9. The zero-order valence-electron chi connectivity index (χ0n) is 22.2. The molecule has 37 heavy (non-hydrogen) atoms. The number of hydrogen-bond donors (Lipinski definition) is 0. The molecule has 0 saturated heterocycles. The molecule has 2 aliphatic carbocycles. The predicted octanol–water partition coefficient (Wildman–Crippen LogP) is 10.5. The summed E-state index contributed by atoms with van der Waals surface area (Å²) >= 11 is 0. The summed E-state index contributed by atoms with van der Waals surface area (Å²) in [6, 6.07) is 16.2. The summed E-state index contributed by atoms with van der Waals surface area (Å²) < 4.78 is 44.4. The Morgan fingerprint density at radius 1 is 0.649 bits per heavy atom. The lowest BCUT2D eigenvalue weighted by molar-refractivity contribution is 0.164. The fourth-order valence-electron chi connectivity index (χ4n) is 6.81. The third kappa shape index (κ3) is 5.66. The van der Waals surface area contributed by atoms with Crippen molar-refractivity contribution in [3.8, 4) is 22.3 Å². The average Bonchev–Trinajstić information content (AvgIpc) is 2.92. The fraction of sp³-hybridized carbons (Fsp3) is 0.471. The van der Waals surface area contributed by atoms with Gasteiger partial charge in [0, 0.05) is 5.56 Å². The van der Waals surface area contributed by atoms with Crippen molar-refractivity contribution < 1.29 is 13.2 Å². The van der Waals surface area contributed by atoms with E-state index in [2.05, 4.69) is 6.92 Å². The molecule has 0 spiro atoms. The van der Waals surface area contributed by atoms with E-state index in [-0.39, 0.29) is 11.4 Å². The Morgan fingerprint density at radius 3 is 1.86 bits per heavy atom. The Balaban J connectivity index is 1.26. The maximum Gasteiger partial charge on any atom is 0.166 e. The Hall–Kier alpha value is -2.55. The Bertz CT molecular complexity index is 1200. The first-order valence-corrected chi connectivity index (χ1v) is 14.3. The molecule has 2 aliphatic rings. The van der Waals surface area contributed by atoms with Gasteiger partial charge in [-0.25, -0.2) is 13.2 Å². The monoisotopic (exact) mass is 504 g/mol. The highest BCUT2D eigenvalue weighted by Gasteiger charge is 2.31. The maximum atomic E-state index is 15.3. The van der Waals surface area contributed by atoms with Crippen LogP contribution in [0.2, 0.25) is 0 Å². The number of halogens is 3. The van der Waals surface area contributed by atoms with Gasteiger partial charge in [0.2, 0.25) is 0 Å². The lowest BCUT2D eigenvalue weighted by atomic mass is 9.68. The van der Waals surface area contributed by atoms with Crippen molar-refractivity contribution in [2.24, 2.45) is 17.8 Å². The van der Waals surface area contributed by atoms with Crippen molar-refractivity contribution in [3.63, 3.8) is 0 Å². The van der Waals surface area contributed by atoms with Gasteiger partial charge in [-0.2, -0.15) is 0 Å². The molecule has 0 heterocycles. The van der Waals surface area contributed by atoms with E-state index in [1.807, 2.05) is 31.2 Å². The van der Waals surface area contributed by atoms with E-state index in [0.717, 1.165) is 53.7 Å². The van der Waals surface area contributed by atoms with Crippen LogP contribution >= 0.6 is 0 Å². The molecule has 0 aromatic heterocycles. The van der Waals surface area contributed by atoms with Crippen molar-refractivity contribution >= 4 is 0 Å². The van der Waals surface area contributed by atoms with E-state index in [1.54, 1.807) is 30.3 Å². The minimum absolute atomic E-state index is 0.129. The van der Waals surface area contributed by atoms with Gasteiger partial charge >= 0.3 is 0 Å². The summed E-state index contributed by atoms with van der Waals surface area (Å²) in [5.41, 5.74) is 3.80. The highest BCUT2D eigenvalue weighted by Crippen LogP contribution is 2.44. The highest BCUT2D eigenvalue weighted by atomic mass is 19.2. The summed E-state index contributed by atoms with van der Waals surface area (Å²) in [5, 5.41) is 0. The van der Waals surface area contributed by atoms with Crippen molar-refractivity contribution in [1.82, 2.24) is 0 Å². The van der Waals surface area contributed by atoms with Crippen LogP contribution in [-0.4, -0.2) is 0 Å². The molecule has 0 amide bonds. The lowest BCUT2D eigenvalue weighted by Crippen LogP contribution is -2.25. The molecule has 3 aromatic carbocycles. The SMILES string of the molecule is CCCc1ccc(-c2ccc(-c3ccc(C4CCC(C5CCC(C)CC5)CC4)c(F)c3)cc2)c(F)c1F. The van der Waals surface area contributed by atoms with E-state index >= 15 is 4.39 Å². The van der Waals surface area contributed by atoms with Crippen molar-refractivity contribution in [3.05, 3.63) is 83.2 Å². The lowest BCUT2D eigenvalue weighted by Gasteiger charge is -2.37. The van der Waals surface area contributed by atoms with Gasteiger partial charge in [-0.05, 0) is 103 Å². The summed E-state index contributed by atoms with van der Waals surface area (Å²) in [6.45, 7) is 4.32. The van der Waals surface area contributed by atoms with Crippen LogP contribution in [0.3, 0.4) is 0 Å². The molecule has 0 aliphatic heterocycles. The van der Waals surface area contributed by atoms with E-state index < -0.39 is 11.6 Å². The Kier molecular flexibility index (Phi) is 8.07. The van der Waals surface area contributed by atoms with E-state index in [0.29, 0.717) is 23.5 Å². The number of hydrogen-bond acceptors (Lipinski definition) is 0. The zero-order chi connectivity index (χ0) is 25.9. The van der Waals surface area contributed by atoms with Gasteiger partial charge in [0.05, 0.1) is 0 Å². The Morgan fingerprint density at radius 2 is 1.24 bits per heavy atom. The van der Waals surface area contributed by atoms with Crippen LogP contribution in [0.4, 0.5) is 13.2 Å². The molecule has 0 N–H and O–H groups in total. The van der Waals surface area contributed by atoms with Gasteiger partial charge in [-0.3, -0.25) is 0 Å². The van der Waals surface area contributed by atoms with Crippen LogP contribution in [0.5, 0.6) is 0 Å². The van der Waals surface area contributed by atoms with Crippen LogP contribution in [0.1, 0.15) is 88.7 Å². The maximum absolute atomic E-state index is 15.3. The molecule has 0 radical (unpaired) electrons. The van der Waals surface area contributed by atoms with Crippen molar-refractivity contribution in [2.75, 3.05) is 0 Å². The van der Waals surface area contributed by atoms with Gasteiger partial charge in [0.1, 0.15) is 5.82 Å². The number of aryl methyl sites for hydroxylation is 1. The molecule has 196 valence electrons. The normalized spacial score (nSPS) is 24.2. The topological polar surface area (TPSA) is 0 Å². The second-order valence-electron chi connectivity index (χ2n) is 11.6. The van der Waals surface area contributed by atoms with E-state index in [4.69, 9.17) is 0 Å². The van der Waals surface area contributed by atoms with Gasteiger partial charge in [-0.15, -0.1) is 0 Å². The summed E-state index contributed by atoms with van der Waals surface area (Å²) in [4.78, 5) is 0. The molecule has 0 atom stereocenters. The van der Waals surface area contributed by atoms with Crippen molar-refractivity contribution in [1.29, 1.82) is 0 Å². The molecular formula is C34H39F3. The van der Waals surface area contributed by atoms with Crippen LogP contribution in [-0.2, 0) is 6.42 Å². The zero-order valence-corrected chi connectivity index (χ0v) is 22.2. The molecule has 5 rings (SSSR count). The number of benzene rings is 3. The van der Waals surface area contributed by atoms with Gasteiger partial charge < -0.3 is 0 Å². The van der Waals surface area contributed by atoms with Crippen LogP contribution in [0.15, 0.2) is 54.6 Å². The molecule has 3 aromatic rings. The molecule has 2 fully saturated rings. The minimum atomic E-state index is -0.804. The van der Waals surface area contributed by atoms with Gasteiger partial charge in [0.15, 0.2) is 11.6 Å². The predicted molar refractivity (Wildman–Crippen MR) is 147 cm³/mol. The highest BCUT2D eigenvalue weighted by molar-refractivity contribution is 5.71. The Labute approximate surface area is 220 Å². The van der Waals surface area contributed by atoms with E-state index in [9.17, 15) is 8.78 Å². The van der Waals surface area contributed by atoms with Crippen molar-refractivity contribution in [2.45, 2.75) is 84.0 Å². The third-order valence-corrected chi connectivity index (χ3v) is 9.15. The number of rotatable bonds is 6. The van der Waals surface area contributed by atoms with Crippen LogP contribution in [0, 0.1) is 35.2 Å². The fourth-order valence-corrected chi connectivity index (χ4v) is 6.81. The first-order valence-electron chi connectivity index (χ1n) is 14.3. The summed E-state index contributed by atoms with van der Waals surface area (Å²) in [7, 11) is 0. The molecule has 2 saturated carbocycles. The second-order valence-corrected chi connectivity index (χ2v) is 11.6. The molecule has 0 bridgehead atoms. The molecule has 0 unspecified atom stereocenters. The average molecular weight is 505 g/mol. The molecule has 0 nitrogen and oxygen atoms in total. The molecule has 3 heteroatoms. The minimum Gasteiger partial charge on any atom is -0.207 e. The van der Waals surface area contributed by atoms with E-state index in [1.165, 1.54) is 38.5 Å². The standard InChI is InChI=1S/C34H39F3/c1-3-4-28-17-20-31(34(37)33(28)36)27-15-11-25(12-16-27)29-18-19-30(32(35)21-29)26-13-9-24(10-14-26)23-7-5-22(2)6-8-23/h11-12,15-24,26H,3-10,13-14H2,1-2H3. The second kappa shape index (κ2) is 11.5. The smallest absolute Gasteiger partial charge is 0.166 e. The molecular weight excluding hydrogens is 465 g/mol. The van der Waals surface area contributed by atoms with Crippen LogP contribution < -0.4 is 0 Å².